The number of piperidine rings is 1. The summed E-state index contributed by atoms with van der Waals surface area (Å²) in [6, 6.07) is 7.31. The van der Waals surface area contributed by atoms with Gasteiger partial charge >= 0.3 is 5.97 Å². The largest absolute Gasteiger partial charge is 0.490 e. The van der Waals surface area contributed by atoms with Gasteiger partial charge in [0.25, 0.3) is 0 Å². The number of carbonyl (C=O) groups excluding carboxylic acids is 1. The van der Waals surface area contributed by atoms with Crippen LogP contribution in [0, 0.1) is 0 Å². The lowest BCUT2D eigenvalue weighted by Gasteiger charge is -2.38. The lowest BCUT2D eigenvalue weighted by molar-refractivity contribution is -0.135. The van der Waals surface area contributed by atoms with Gasteiger partial charge in [0, 0.05) is 18.2 Å². The van der Waals surface area contributed by atoms with Crippen molar-refractivity contribution in [3.63, 3.8) is 0 Å². The number of nitrogens with zero attached hydrogens (tertiary/aromatic N) is 1. The normalized spacial score (nSPS) is 29.4. The molecule has 5 heteroatoms. The first-order valence-corrected chi connectivity index (χ1v) is 8.49. The number of rotatable bonds is 3. The molecule has 1 aromatic rings. The Balaban J connectivity index is 0.00000156. The number of aryl methyl sites for hydroxylation is 1. The standard InChI is InChI=1S/C18H23NO3.ClH/c1-2-19-13-5-6-14(19)10-16(9-13)21-15-7-3-12-4-8-18(20)22-17(12)11-15;/h3,7,11,13-14,16H,2,4-6,8-10H2,1H3;1H. The van der Waals surface area contributed by atoms with Gasteiger partial charge in [-0.05, 0) is 50.3 Å². The summed E-state index contributed by atoms with van der Waals surface area (Å²) in [4.78, 5) is 14.1. The van der Waals surface area contributed by atoms with E-state index in [1.165, 1.54) is 12.8 Å². The van der Waals surface area contributed by atoms with E-state index in [4.69, 9.17) is 9.47 Å². The predicted molar refractivity (Wildman–Crippen MR) is 90.5 cm³/mol. The van der Waals surface area contributed by atoms with Gasteiger partial charge in [-0.25, -0.2) is 0 Å². The molecule has 1 aromatic carbocycles. The van der Waals surface area contributed by atoms with Crippen molar-refractivity contribution in [1.29, 1.82) is 0 Å². The Morgan fingerprint density at radius 2 is 1.96 bits per heavy atom. The number of benzene rings is 1. The van der Waals surface area contributed by atoms with E-state index in [-0.39, 0.29) is 24.5 Å². The van der Waals surface area contributed by atoms with E-state index in [0.717, 1.165) is 37.1 Å². The minimum atomic E-state index is -0.140. The van der Waals surface area contributed by atoms with Gasteiger partial charge in [0.2, 0.25) is 0 Å². The highest BCUT2D eigenvalue weighted by atomic mass is 35.5. The van der Waals surface area contributed by atoms with Gasteiger partial charge in [0.15, 0.2) is 0 Å². The number of hydrogen-bond acceptors (Lipinski definition) is 4. The molecule has 0 N–H and O–H groups in total. The molecule has 2 unspecified atom stereocenters. The minimum absolute atomic E-state index is 0. The third-order valence-corrected chi connectivity index (χ3v) is 5.37. The molecule has 0 spiro atoms. The maximum absolute atomic E-state index is 11.4. The third kappa shape index (κ3) is 3.20. The van der Waals surface area contributed by atoms with Crippen LogP contribution in [0.4, 0.5) is 0 Å². The smallest absolute Gasteiger partial charge is 0.311 e. The monoisotopic (exact) mass is 337 g/mol. The molecule has 2 bridgehead atoms. The van der Waals surface area contributed by atoms with Crippen LogP contribution in [0.2, 0.25) is 0 Å². The third-order valence-electron chi connectivity index (χ3n) is 5.37. The summed E-state index contributed by atoms with van der Waals surface area (Å²) in [5.41, 5.74) is 1.10. The fourth-order valence-electron chi connectivity index (χ4n) is 4.35. The summed E-state index contributed by atoms with van der Waals surface area (Å²) in [6.45, 7) is 3.40. The van der Waals surface area contributed by atoms with Crippen molar-refractivity contribution in [3.8, 4) is 11.5 Å². The summed E-state index contributed by atoms with van der Waals surface area (Å²) < 4.78 is 11.5. The molecule has 3 heterocycles. The predicted octanol–water partition coefficient (Wildman–Crippen LogP) is 3.35. The second kappa shape index (κ2) is 6.70. The van der Waals surface area contributed by atoms with Crippen LogP contribution in [-0.4, -0.2) is 35.6 Å². The van der Waals surface area contributed by atoms with Gasteiger partial charge in [-0.15, -0.1) is 12.4 Å². The van der Waals surface area contributed by atoms with Crippen LogP contribution in [0.15, 0.2) is 18.2 Å². The molecule has 0 radical (unpaired) electrons. The summed E-state index contributed by atoms with van der Waals surface area (Å²) >= 11 is 0. The van der Waals surface area contributed by atoms with Crippen LogP contribution < -0.4 is 9.47 Å². The number of carbonyl (C=O) groups is 1. The Kier molecular flexibility index (Phi) is 4.83. The average Bonchev–Trinajstić information content (AvgIpc) is 2.76. The maximum Gasteiger partial charge on any atom is 0.311 e. The molecule has 4 rings (SSSR count). The van der Waals surface area contributed by atoms with E-state index < -0.39 is 0 Å². The number of esters is 1. The minimum Gasteiger partial charge on any atom is -0.490 e. The second-order valence-electron chi connectivity index (χ2n) is 6.67. The fraction of sp³-hybridized carbons (Fsp3) is 0.611. The van der Waals surface area contributed by atoms with Crippen molar-refractivity contribution in [2.75, 3.05) is 6.54 Å². The Hall–Kier alpha value is -1.26. The van der Waals surface area contributed by atoms with Crippen LogP contribution in [0.1, 0.15) is 44.6 Å². The fourth-order valence-corrected chi connectivity index (χ4v) is 4.35. The Morgan fingerprint density at radius 1 is 1.22 bits per heavy atom. The number of fused-ring (bicyclic) bond motifs is 3. The molecular weight excluding hydrogens is 314 g/mol. The zero-order valence-electron chi connectivity index (χ0n) is 13.5. The van der Waals surface area contributed by atoms with E-state index in [2.05, 4.69) is 11.8 Å². The van der Waals surface area contributed by atoms with E-state index in [9.17, 15) is 4.79 Å². The molecular formula is C18H24ClNO3. The van der Waals surface area contributed by atoms with E-state index in [1.54, 1.807) is 0 Å². The highest BCUT2D eigenvalue weighted by molar-refractivity contribution is 5.85. The molecule has 2 saturated heterocycles. The van der Waals surface area contributed by atoms with Crippen molar-refractivity contribution in [1.82, 2.24) is 4.90 Å². The molecule has 2 fully saturated rings. The Morgan fingerprint density at radius 3 is 2.65 bits per heavy atom. The zero-order chi connectivity index (χ0) is 15.1. The molecule has 23 heavy (non-hydrogen) atoms. The van der Waals surface area contributed by atoms with Crippen LogP contribution in [0.25, 0.3) is 0 Å². The van der Waals surface area contributed by atoms with Crippen molar-refractivity contribution >= 4 is 18.4 Å². The first-order chi connectivity index (χ1) is 10.7. The molecule has 2 atom stereocenters. The van der Waals surface area contributed by atoms with Crippen LogP contribution in [0.3, 0.4) is 0 Å². The topological polar surface area (TPSA) is 38.8 Å². The molecule has 0 saturated carbocycles. The highest BCUT2D eigenvalue weighted by Crippen LogP contribution is 2.38. The molecule has 3 aliphatic rings. The van der Waals surface area contributed by atoms with Crippen LogP contribution >= 0.6 is 12.4 Å². The Labute approximate surface area is 143 Å². The molecule has 126 valence electrons. The molecule has 0 aromatic heterocycles. The maximum atomic E-state index is 11.4. The van der Waals surface area contributed by atoms with E-state index >= 15 is 0 Å². The SMILES string of the molecule is CCN1C2CCC1CC(Oc1ccc3c(c1)OC(=O)CC3)C2.Cl. The molecule has 0 aliphatic carbocycles. The first-order valence-electron chi connectivity index (χ1n) is 8.49. The van der Waals surface area contributed by atoms with Gasteiger partial charge in [-0.2, -0.15) is 0 Å². The molecule has 4 nitrogen and oxygen atoms in total. The lowest BCUT2D eigenvalue weighted by Crippen LogP contribution is -2.46. The van der Waals surface area contributed by atoms with Gasteiger partial charge < -0.3 is 9.47 Å². The van der Waals surface area contributed by atoms with Crippen LogP contribution in [0.5, 0.6) is 11.5 Å². The van der Waals surface area contributed by atoms with Crippen LogP contribution in [-0.2, 0) is 11.2 Å². The van der Waals surface area contributed by atoms with Crippen molar-refractivity contribution in [3.05, 3.63) is 23.8 Å². The van der Waals surface area contributed by atoms with Gasteiger partial charge in [0.1, 0.15) is 17.6 Å². The Bertz CT molecular complexity index is 578. The number of ether oxygens (including phenoxy) is 2. The number of hydrogen-bond donors (Lipinski definition) is 0. The number of halogens is 1. The lowest BCUT2D eigenvalue weighted by atomic mass is 9.99. The van der Waals surface area contributed by atoms with Crippen molar-refractivity contribution in [2.45, 2.75) is 63.6 Å². The summed E-state index contributed by atoms with van der Waals surface area (Å²) in [7, 11) is 0. The highest BCUT2D eigenvalue weighted by Gasteiger charge is 2.40. The van der Waals surface area contributed by atoms with Crippen molar-refractivity contribution < 1.29 is 14.3 Å². The van der Waals surface area contributed by atoms with Gasteiger partial charge in [-0.3, -0.25) is 9.69 Å². The van der Waals surface area contributed by atoms with Gasteiger partial charge in [-0.1, -0.05) is 13.0 Å². The summed E-state index contributed by atoms with van der Waals surface area (Å²) in [5, 5.41) is 0. The average molecular weight is 338 g/mol. The molecule has 3 aliphatic heterocycles. The van der Waals surface area contributed by atoms with Crippen molar-refractivity contribution in [2.24, 2.45) is 0 Å². The zero-order valence-corrected chi connectivity index (χ0v) is 14.3. The van der Waals surface area contributed by atoms with Gasteiger partial charge in [0.05, 0.1) is 6.42 Å². The quantitative estimate of drug-likeness (QED) is 0.626. The summed E-state index contributed by atoms with van der Waals surface area (Å²) in [5.74, 6) is 1.38. The molecule has 0 amide bonds. The van der Waals surface area contributed by atoms with E-state index in [1.807, 2.05) is 18.2 Å². The second-order valence-corrected chi connectivity index (χ2v) is 6.67. The summed E-state index contributed by atoms with van der Waals surface area (Å²) in [6.07, 6.45) is 6.38. The van der Waals surface area contributed by atoms with E-state index in [0.29, 0.717) is 24.3 Å². The first kappa shape index (κ1) is 16.6.